The highest BCUT2D eigenvalue weighted by atomic mass is 35.5. The number of hydrogen-bond donors (Lipinski definition) is 2. The zero-order chi connectivity index (χ0) is 20.1. The van der Waals surface area contributed by atoms with E-state index in [0.717, 1.165) is 10.4 Å². The average Bonchev–Trinajstić information content (AvgIpc) is 3.21. The molecule has 4 nitrogen and oxygen atoms in total. The summed E-state index contributed by atoms with van der Waals surface area (Å²) in [7, 11) is 0. The molecule has 0 saturated carbocycles. The van der Waals surface area contributed by atoms with Gasteiger partial charge in [-0.15, -0.1) is 11.3 Å². The van der Waals surface area contributed by atoms with Crippen LogP contribution in [0.3, 0.4) is 0 Å². The molecule has 0 aliphatic heterocycles. The van der Waals surface area contributed by atoms with Crippen molar-refractivity contribution in [2.45, 2.75) is 6.04 Å². The van der Waals surface area contributed by atoms with Crippen molar-refractivity contribution in [1.29, 1.82) is 0 Å². The monoisotopic (exact) mass is 436 g/mol. The van der Waals surface area contributed by atoms with Crippen molar-refractivity contribution in [3.63, 3.8) is 0 Å². The van der Waals surface area contributed by atoms with E-state index in [-0.39, 0.29) is 23.3 Å². The summed E-state index contributed by atoms with van der Waals surface area (Å²) in [6.07, 6.45) is 0. The minimum atomic E-state index is -0.442. The number of halogens is 3. The summed E-state index contributed by atoms with van der Waals surface area (Å²) in [4.78, 5) is 25.5. The number of nitrogens with one attached hydrogen (secondary N) is 2. The molecule has 1 aromatic heterocycles. The first kappa shape index (κ1) is 20.3. The van der Waals surface area contributed by atoms with Gasteiger partial charge in [0.2, 0.25) is 5.91 Å². The predicted molar refractivity (Wildman–Crippen MR) is 109 cm³/mol. The molecule has 0 saturated heterocycles. The Balaban J connectivity index is 1.66. The number of carbonyl (C=O) groups excluding carboxylic acids is 2. The van der Waals surface area contributed by atoms with Crippen molar-refractivity contribution in [2.24, 2.45) is 0 Å². The van der Waals surface area contributed by atoms with Gasteiger partial charge in [-0.3, -0.25) is 9.59 Å². The highest BCUT2D eigenvalue weighted by Crippen LogP contribution is 2.26. The smallest absolute Gasteiger partial charge is 0.251 e. The fourth-order valence-electron chi connectivity index (χ4n) is 2.54. The fourth-order valence-corrected chi connectivity index (χ4v) is 3.64. The third kappa shape index (κ3) is 5.10. The van der Waals surface area contributed by atoms with Gasteiger partial charge in [-0.25, -0.2) is 4.39 Å². The topological polar surface area (TPSA) is 58.2 Å². The van der Waals surface area contributed by atoms with Crippen molar-refractivity contribution < 1.29 is 14.0 Å². The van der Waals surface area contributed by atoms with Crippen LogP contribution in [0, 0.1) is 5.82 Å². The van der Waals surface area contributed by atoms with Gasteiger partial charge in [0, 0.05) is 10.4 Å². The lowest BCUT2D eigenvalue weighted by Crippen LogP contribution is -2.38. The second-order valence-corrected chi connectivity index (χ2v) is 7.67. The zero-order valence-electron chi connectivity index (χ0n) is 14.4. The van der Waals surface area contributed by atoms with E-state index >= 15 is 0 Å². The second-order valence-electron chi connectivity index (χ2n) is 5.88. The molecule has 28 heavy (non-hydrogen) atoms. The first-order valence-corrected chi connectivity index (χ1v) is 9.89. The Labute approximate surface area is 175 Å². The first-order chi connectivity index (χ1) is 13.4. The molecule has 144 valence electrons. The van der Waals surface area contributed by atoms with Crippen LogP contribution >= 0.6 is 34.5 Å². The summed E-state index contributed by atoms with van der Waals surface area (Å²) in [5.74, 6) is -1.17. The quantitative estimate of drug-likeness (QED) is 0.581. The van der Waals surface area contributed by atoms with Gasteiger partial charge in [0.1, 0.15) is 5.82 Å². The lowest BCUT2D eigenvalue weighted by atomic mass is 10.1. The van der Waals surface area contributed by atoms with Gasteiger partial charge in [0.15, 0.2) is 0 Å². The SMILES string of the molecule is O=C(CNC(=O)c1ccc(Cl)c(Cl)c1)NC(c1ccc(F)cc1)c1cccs1. The van der Waals surface area contributed by atoms with E-state index in [1.807, 2.05) is 17.5 Å². The Kier molecular flexibility index (Phi) is 6.67. The number of hydrogen-bond acceptors (Lipinski definition) is 3. The lowest BCUT2D eigenvalue weighted by molar-refractivity contribution is -0.120. The molecule has 0 aliphatic carbocycles. The molecule has 1 heterocycles. The average molecular weight is 437 g/mol. The molecule has 0 bridgehead atoms. The number of carbonyl (C=O) groups is 2. The summed E-state index contributed by atoms with van der Waals surface area (Å²) in [6.45, 7) is -0.220. The third-order valence-corrected chi connectivity index (χ3v) is 5.60. The molecule has 2 amide bonds. The van der Waals surface area contributed by atoms with E-state index in [2.05, 4.69) is 10.6 Å². The maximum atomic E-state index is 13.2. The van der Waals surface area contributed by atoms with E-state index in [0.29, 0.717) is 10.6 Å². The van der Waals surface area contributed by atoms with Crippen LogP contribution in [0.15, 0.2) is 60.0 Å². The van der Waals surface area contributed by atoms with Gasteiger partial charge in [-0.05, 0) is 47.3 Å². The van der Waals surface area contributed by atoms with Gasteiger partial charge >= 0.3 is 0 Å². The summed E-state index contributed by atoms with van der Waals surface area (Å²) < 4.78 is 13.2. The van der Waals surface area contributed by atoms with Crippen molar-refractivity contribution in [2.75, 3.05) is 6.54 Å². The van der Waals surface area contributed by atoms with Crippen LogP contribution in [-0.4, -0.2) is 18.4 Å². The number of benzene rings is 2. The van der Waals surface area contributed by atoms with Gasteiger partial charge in [-0.2, -0.15) is 0 Å². The molecular weight excluding hydrogens is 422 g/mol. The molecule has 1 unspecified atom stereocenters. The van der Waals surface area contributed by atoms with Crippen LogP contribution in [-0.2, 0) is 4.79 Å². The van der Waals surface area contributed by atoms with Crippen LogP contribution in [0.1, 0.15) is 26.8 Å². The Morgan fingerprint density at radius 1 is 1.04 bits per heavy atom. The van der Waals surface area contributed by atoms with E-state index < -0.39 is 11.9 Å². The van der Waals surface area contributed by atoms with Crippen molar-refractivity contribution in [3.05, 3.63) is 91.8 Å². The summed E-state index contributed by atoms with van der Waals surface area (Å²) in [5, 5.41) is 7.91. The Hall–Kier alpha value is -2.41. The Morgan fingerprint density at radius 3 is 2.43 bits per heavy atom. The summed E-state index contributed by atoms with van der Waals surface area (Å²) in [6, 6.07) is 13.7. The van der Waals surface area contributed by atoms with E-state index in [1.54, 1.807) is 12.1 Å². The van der Waals surface area contributed by atoms with Crippen molar-refractivity contribution in [1.82, 2.24) is 10.6 Å². The number of rotatable bonds is 6. The van der Waals surface area contributed by atoms with Crippen LogP contribution < -0.4 is 10.6 Å². The maximum absolute atomic E-state index is 13.2. The minimum Gasteiger partial charge on any atom is -0.343 e. The standard InChI is InChI=1S/C20H15Cl2FN2O2S/c21-15-8-5-13(10-16(15)22)20(27)24-11-18(26)25-19(17-2-1-9-28-17)12-3-6-14(23)7-4-12/h1-10,19H,11H2,(H,24,27)(H,25,26). The highest BCUT2D eigenvalue weighted by molar-refractivity contribution is 7.10. The van der Waals surface area contributed by atoms with Gasteiger partial charge < -0.3 is 10.6 Å². The van der Waals surface area contributed by atoms with Crippen LogP contribution in [0.25, 0.3) is 0 Å². The largest absolute Gasteiger partial charge is 0.343 e. The first-order valence-electron chi connectivity index (χ1n) is 8.25. The normalized spacial score (nSPS) is 11.7. The number of thiophene rings is 1. The molecule has 0 fully saturated rings. The van der Waals surface area contributed by atoms with Gasteiger partial charge in [0.05, 0.1) is 22.6 Å². The summed E-state index contributed by atoms with van der Waals surface area (Å²) in [5.41, 5.74) is 1.04. The number of amides is 2. The third-order valence-electron chi connectivity index (χ3n) is 3.93. The summed E-state index contributed by atoms with van der Waals surface area (Å²) >= 11 is 13.2. The molecule has 1 atom stereocenters. The molecule has 8 heteroatoms. The molecular formula is C20H15Cl2FN2O2S. The highest BCUT2D eigenvalue weighted by Gasteiger charge is 2.18. The molecule has 0 spiro atoms. The van der Waals surface area contributed by atoms with E-state index in [4.69, 9.17) is 23.2 Å². The molecule has 2 N–H and O–H groups in total. The van der Waals surface area contributed by atoms with Crippen molar-refractivity contribution >= 4 is 46.4 Å². The molecule has 2 aromatic carbocycles. The predicted octanol–water partition coefficient (Wildman–Crippen LogP) is 4.83. The van der Waals surface area contributed by atoms with Crippen LogP contribution in [0.5, 0.6) is 0 Å². The zero-order valence-corrected chi connectivity index (χ0v) is 16.7. The molecule has 3 rings (SSSR count). The molecule has 3 aromatic rings. The lowest BCUT2D eigenvalue weighted by Gasteiger charge is -2.18. The fraction of sp³-hybridized carbons (Fsp3) is 0.100. The van der Waals surface area contributed by atoms with E-state index in [9.17, 15) is 14.0 Å². The van der Waals surface area contributed by atoms with Crippen LogP contribution in [0.4, 0.5) is 4.39 Å². The van der Waals surface area contributed by atoms with Gasteiger partial charge in [0.25, 0.3) is 5.91 Å². The molecule has 0 aliphatic rings. The second kappa shape index (κ2) is 9.19. The van der Waals surface area contributed by atoms with Crippen molar-refractivity contribution in [3.8, 4) is 0 Å². The Bertz CT molecular complexity index is 978. The minimum absolute atomic E-state index is 0.220. The van der Waals surface area contributed by atoms with Gasteiger partial charge in [-0.1, -0.05) is 41.4 Å². The maximum Gasteiger partial charge on any atom is 0.251 e. The van der Waals surface area contributed by atoms with E-state index in [1.165, 1.54) is 41.7 Å². The Morgan fingerprint density at radius 2 is 1.79 bits per heavy atom. The molecule has 0 radical (unpaired) electrons. The van der Waals surface area contributed by atoms with Crippen LogP contribution in [0.2, 0.25) is 10.0 Å².